The highest BCUT2D eigenvalue weighted by molar-refractivity contribution is 6.06. The summed E-state index contributed by atoms with van der Waals surface area (Å²) in [7, 11) is 0. The van der Waals surface area contributed by atoms with Crippen molar-refractivity contribution in [3.05, 3.63) is 58.9 Å². The third-order valence-electron chi connectivity index (χ3n) is 2.64. The number of hydrogen-bond donors (Lipinski definition) is 2. The van der Waals surface area contributed by atoms with Gasteiger partial charge in [-0.15, -0.1) is 0 Å². The highest BCUT2D eigenvalue weighted by atomic mass is 19.2. The molecule has 0 saturated heterocycles. The van der Waals surface area contributed by atoms with E-state index in [0.29, 0.717) is 12.1 Å². The number of amides is 1. The van der Waals surface area contributed by atoms with E-state index in [1.54, 1.807) is 13.0 Å². The number of benzene rings is 2. The van der Waals surface area contributed by atoms with Crippen LogP contribution < -0.4 is 5.32 Å². The first-order valence-corrected chi connectivity index (χ1v) is 5.64. The number of carbonyl (C=O) groups is 1. The van der Waals surface area contributed by atoms with Gasteiger partial charge in [0.25, 0.3) is 5.91 Å². The Balaban J connectivity index is 2.32. The lowest BCUT2D eigenvalue weighted by molar-refractivity contribution is 0.102. The molecule has 104 valence electrons. The summed E-state index contributed by atoms with van der Waals surface area (Å²) in [6.45, 7) is 1.71. The van der Waals surface area contributed by atoms with Crippen LogP contribution in [0.25, 0.3) is 0 Å². The van der Waals surface area contributed by atoms with Crippen molar-refractivity contribution >= 4 is 11.6 Å². The molecule has 0 aliphatic carbocycles. The van der Waals surface area contributed by atoms with Gasteiger partial charge in [-0.3, -0.25) is 4.79 Å². The van der Waals surface area contributed by atoms with E-state index in [-0.39, 0.29) is 11.3 Å². The molecule has 0 unspecified atom stereocenters. The Kier molecular flexibility index (Phi) is 3.65. The number of hydrogen-bond acceptors (Lipinski definition) is 2. The van der Waals surface area contributed by atoms with Gasteiger partial charge in [0.15, 0.2) is 11.6 Å². The molecule has 0 bridgehead atoms. The first kappa shape index (κ1) is 13.9. The average Bonchev–Trinajstić information content (AvgIpc) is 2.35. The predicted octanol–water partition coefficient (Wildman–Crippen LogP) is 3.37. The Hall–Kier alpha value is -2.50. The van der Waals surface area contributed by atoms with Crippen molar-refractivity contribution < 1.29 is 23.1 Å². The minimum absolute atomic E-state index is 0.125. The Morgan fingerprint density at radius 3 is 2.50 bits per heavy atom. The lowest BCUT2D eigenvalue weighted by Crippen LogP contribution is -2.14. The number of halogens is 3. The highest BCUT2D eigenvalue weighted by Gasteiger charge is 2.16. The normalized spacial score (nSPS) is 10.4. The number of carbonyl (C=O) groups excluding carboxylic acids is 1. The lowest BCUT2D eigenvalue weighted by Gasteiger charge is -2.09. The first-order chi connectivity index (χ1) is 9.38. The van der Waals surface area contributed by atoms with Crippen LogP contribution in [-0.4, -0.2) is 11.0 Å². The molecule has 2 aromatic carbocycles. The summed E-state index contributed by atoms with van der Waals surface area (Å²) in [5.74, 6) is -4.97. The summed E-state index contributed by atoms with van der Waals surface area (Å²) in [5.41, 5.74) is -0.0332. The second kappa shape index (κ2) is 5.24. The van der Waals surface area contributed by atoms with Crippen LogP contribution in [0.2, 0.25) is 0 Å². The summed E-state index contributed by atoms with van der Waals surface area (Å²) >= 11 is 0. The van der Waals surface area contributed by atoms with Crippen LogP contribution in [-0.2, 0) is 0 Å². The van der Waals surface area contributed by atoms with Gasteiger partial charge in [-0.2, -0.15) is 0 Å². The summed E-state index contributed by atoms with van der Waals surface area (Å²) in [6, 6.07) is 5.26. The summed E-state index contributed by atoms with van der Waals surface area (Å²) in [5, 5.41) is 11.6. The first-order valence-electron chi connectivity index (χ1n) is 5.64. The van der Waals surface area contributed by atoms with Gasteiger partial charge in [-0.05, 0) is 24.6 Å². The molecule has 0 radical (unpaired) electrons. The predicted molar refractivity (Wildman–Crippen MR) is 67.1 cm³/mol. The molecule has 3 nitrogen and oxygen atoms in total. The molecule has 1 amide bonds. The van der Waals surface area contributed by atoms with Crippen LogP contribution >= 0.6 is 0 Å². The molecule has 0 aliphatic rings. The number of phenolic OH excluding ortho intramolecular Hbond substituents is 1. The maximum absolute atomic E-state index is 13.4. The topological polar surface area (TPSA) is 49.3 Å². The zero-order valence-electron chi connectivity index (χ0n) is 10.4. The lowest BCUT2D eigenvalue weighted by atomic mass is 10.1. The molecule has 0 fully saturated rings. The molecule has 20 heavy (non-hydrogen) atoms. The molecule has 0 heterocycles. The molecular weight excluding hydrogens is 271 g/mol. The van der Waals surface area contributed by atoms with Gasteiger partial charge in [0.05, 0.1) is 11.3 Å². The van der Waals surface area contributed by atoms with Crippen LogP contribution in [0, 0.1) is 24.4 Å². The van der Waals surface area contributed by atoms with E-state index in [1.807, 2.05) is 5.32 Å². The maximum atomic E-state index is 13.4. The van der Waals surface area contributed by atoms with Crippen LogP contribution in [0.3, 0.4) is 0 Å². The summed E-state index contributed by atoms with van der Waals surface area (Å²) < 4.78 is 39.4. The molecule has 0 saturated carbocycles. The molecule has 2 aromatic rings. The van der Waals surface area contributed by atoms with Crippen LogP contribution in [0.15, 0.2) is 30.3 Å². The van der Waals surface area contributed by atoms with Crippen molar-refractivity contribution in [2.75, 3.05) is 5.32 Å². The quantitative estimate of drug-likeness (QED) is 0.829. The fourth-order valence-electron chi connectivity index (χ4n) is 1.67. The van der Waals surface area contributed by atoms with Crippen molar-refractivity contribution in [1.29, 1.82) is 0 Å². The maximum Gasteiger partial charge on any atom is 0.259 e. The Bertz CT molecular complexity index is 686. The van der Waals surface area contributed by atoms with E-state index in [2.05, 4.69) is 0 Å². The van der Waals surface area contributed by atoms with Gasteiger partial charge < -0.3 is 10.4 Å². The zero-order chi connectivity index (χ0) is 14.9. The highest BCUT2D eigenvalue weighted by Crippen LogP contribution is 2.23. The van der Waals surface area contributed by atoms with Gasteiger partial charge in [-0.1, -0.05) is 6.07 Å². The van der Waals surface area contributed by atoms with E-state index in [1.165, 1.54) is 12.1 Å². The molecular formula is C14H10F3NO2. The molecule has 0 aromatic heterocycles. The number of nitrogens with one attached hydrogen (secondary N) is 1. The van der Waals surface area contributed by atoms with Crippen molar-refractivity contribution in [2.45, 2.75) is 6.92 Å². The minimum atomic E-state index is -1.41. The number of anilines is 1. The van der Waals surface area contributed by atoms with Crippen molar-refractivity contribution in [3.63, 3.8) is 0 Å². The van der Waals surface area contributed by atoms with Gasteiger partial charge in [0.2, 0.25) is 0 Å². The average molecular weight is 281 g/mol. The molecule has 0 aliphatic heterocycles. The molecule has 2 rings (SSSR count). The smallest absolute Gasteiger partial charge is 0.259 e. The summed E-state index contributed by atoms with van der Waals surface area (Å²) in [4.78, 5) is 11.8. The molecule has 6 heteroatoms. The minimum Gasteiger partial charge on any atom is -0.507 e. The van der Waals surface area contributed by atoms with Crippen LogP contribution in [0.1, 0.15) is 15.9 Å². The number of rotatable bonds is 2. The number of aryl methyl sites for hydroxylation is 1. The Morgan fingerprint density at radius 2 is 1.85 bits per heavy atom. The third-order valence-corrected chi connectivity index (χ3v) is 2.64. The third kappa shape index (κ3) is 2.74. The van der Waals surface area contributed by atoms with E-state index in [0.717, 1.165) is 5.56 Å². The largest absolute Gasteiger partial charge is 0.507 e. The van der Waals surface area contributed by atoms with Gasteiger partial charge in [0, 0.05) is 12.1 Å². The van der Waals surface area contributed by atoms with Crippen LogP contribution in [0.5, 0.6) is 5.75 Å². The van der Waals surface area contributed by atoms with Crippen molar-refractivity contribution in [3.8, 4) is 5.75 Å². The zero-order valence-corrected chi connectivity index (χ0v) is 10.4. The second-order valence-electron chi connectivity index (χ2n) is 4.22. The van der Waals surface area contributed by atoms with Gasteiger partial charge >= 0.3 is 0 Å². The fraction of sp³-hybridized carbons (Fsp3) is 0.0714. The van der Waals surface area contributed by atoms with Gasteiger partial charge in [0.1, 0.15) is 11.6 Å². The van der Waals surface area contributed by atoms with Crippen LogP contribution in [0.4, 0.5) is 18.9 Å². The number of aromatic hydroxyl groups is 1. The fourth-order valence-corrected chi connectivity index (χ4v) is 1.67. The van der Waals surface area contributed by atoms with Gasteiger partial charge in [-0.25, -0.2) is 13.2 Å². The molecule has 0 spiro atoms. The number of phenols is 1. The van der Waals surface area contributed by atoms with E-state index >= 15 is 0 Å². The van der Waals surface area contributed by atoms with Crippen molar-refractivity contribution in [2.24, 2.45) is 0 Å². The molecule has 0 atom stereocenters. The monoisotopic (exact) mass is 281 g/mol. The van der Waals surface area contributed by atoms with Crippen molar-refractivity contribution in [1.82, 2.24) is 0 Å². The SMILES string of the molecule is Cc1ccc(C(=O)Nc2cc(F)cc(F)c2F)c(O)c1. The second-order valence-corrected chi connectivity index (χ2v) is 4.22. The van der Waals surface area contributed by atoms with E-state index in [9.17, 15) is 23.1 Å². The van der Waals surface area contributed by atoms with E-state index < -0.39 is 29.0 Å². The molecule has 2 N–H and O–H groups in total. The standard InChI is InChI=1S/C14H10F3NO2/c1-7-2-3-9(12(19)4-7)14(20)18-11-6-8(15)5-10(16)13(11)17/h2-6,19H,1H3,(H,18,20). The van der Waals surface area contributed by atoms with E-state index in [4.69, 9.17) is 0 Å². The summed E-state index contributed by atoms with van der Waals surface area (Å²) in [6.07, 6.45) is 0. The Labute approximate surface area is 112 Å². The Morgan fingerprint density at radius 1 is 1.15 bits per heavy atom.